The van der Waals surface area contributed by atoms with Gasteiger partial charge in [-0.2, -0.15) is 0 Å². The Morgan fingerprint density at radius 1 is 1.07 bits per heavy atom. The number of pyridine rings is 1. The monoisotopic (exact) mass is 362 g/mol. The van der Waals surface area contributed by atoms with Crippen molar-refractivity contribution >= 4 is 16.6 Å². The van der Waals surface area contributed by atoms with E-state index in [1.165, 1.54) is 6.07 Å². The molecule has 1 unspecified atom stereocenters. The Kier molecular flexibility index (Phi) is 4.11. The number of benzene rings is 2. The lowest BCUT2D eigenvalue weighted by molar-refractivity contribution is -0.0732. The first-order chi connectivity index (χ1) is 12.9. The van der Waals surface area contributed by atoms with E-state index in [1.807, 2.05) is 57.3 Å². The molecule has 0 N–H and O–H groups in total. The zero-order chi connectivity index (χ0) is 19.2. The Hall–Kier alpha value is -2.59. The molecule has 2 aromatic carbocycles. The molecule has 3 aromatic rings. The third-order valence-corrected chi connectivity index (χ3v) is 5.76. The number of nitrogens with zero attached hydrogens (tertiary/aromatic N) is 2. The van der Waals surface area contributed by atoms with Crippen LogP contribution in [0.15, 0.2) is 59.7 Å². The van der Waals surface area contributed by atoms with Crippen molar-refractivity contribution in [1.29, 1.82) is 0 Å². The fraction of sp³-hybridized carbons (Fsp3) is 0.304. The molecule has 4 rings (SSSR count). The third-order valence-electron chi connectivity index (χ3n) is 5.76. The van der Waals surface area contributed by atoms with Crippen molar-refractivity contribution in [3.05, 3.63) is 77.2 Å². The van der Waals surface area contributed by atoms with E-state index in [1.54, 1.807) is 13.2 Å². The van der Waals surface area contributed by atoms with Crippen LogP contribution < -0.4 is 0 Å². The molecule has 138 valence electrons. The number of halogens is 1. The summed E-state index contributed by atoms with van der Waals surface area (Å²) in [4.78, 5) is 9.62. The van der Waals surface area contributed by atoms with Gasteiger partial charge in [0.05, 0.1) is 16.8 Å². The van der Waals surface area contributed by atoms with Crippen LogP contribution >= 0.6 is 0 Å². The van der Waals surface area contributed by atoms with Crippen molar-refractivity contribution in [1.82, 2.24) is 4.98 Å². The second-order valence-corrected chi connectivity index (χ2v) is 7.48. The van der Waals surface area contributed by atoms with Gasteiger partial charge in [-0.15, -0.1) is 0 Å². The quantitative estimate of drug-likeness (QED) is 0.637. The SMILES string of the molecule is CCC1(OC)c2c(F)cccc2C(c2cnc3ccccc3c2)=NC1(C)C. The van der Waals surface area contributed by atoms with Crippen molar-refractivity contribution in [3.63, 3.8) is 0 Å². The average molecular weight is 362 g/mol. The maximum atomic E-state index is 15.1. The predicted octanol–water partition coefficient (Wildman–Crippen LogP) is 5.26. The van der Waals surface area contributed by atoms with E-state index in [2.05, 4.69) is 11.1 Å². The van der Waals surface area contributed by atoms with Crippen LogP contribution in [0, 0.1) is 5.82 Å². The molecule has 1 aromatic heterocycles. The lowest BCUT2D eigenvalue weighted by atomic mass is 9.70. The summed E-state index contributed by atoms with van der Waals surface area (Å²) < 4.78 is 21.0. The van der Waals surface area contributed by atoms with Gasteiger partial charge in [0.25, 0.3) is 0 Å². The highest BCUT2D eigenvalue weighted by atomic mass is 19.1. The van der Waals surface area contributed by atoms with Gasteiger partial charge in [-0.05, 0) is 38.5 Å². The van der Waals surface area contributed by atoms with E-state index in [0.717, 1.165) is 27.7 Å². The second-order valence-electron chi connectivity index (χ2n) is 7.48. The zero-order valence-electron chi connectivity index (χ0n) is 16.1. The summed E-state index contributed by atoms with van der Waals surface area (Å²) in [5, 5.41) is 1.03. The average Bonchev–Trinajstić information content (AvgIpc) is 2.67. The molecule has 0 amide bonds. The minimum absolute atomic E-state index is 0.259. The van der Waals surface area contributed by atoms with Crippen LogP contribution in [0.1, 0.15) is 43.9 Å². The molecule has 2 heterocycles. The normalized spacial score (nSPS) is 21.0. The van der Waals surface area contributed by atoms with E-state index in [0.29, 0.717) is 12.0 Å². The van der Waals surface area contributed by atoms with Crippen molar-refractivity contribution in [2.24, 2.45) is 4.99 Å². The number of para-hydroxylation sites is 1. The number of ether oxygens (including phenoxy) is 1. The predicted molar refractivity (Wildman–Crippen MR) is 107 cm³/mol. The van der Waals surface area contributed by atoms with Gasteiger partial charge in [0.1, 0.15) is 11.4 Å². The first-order valence-electron chi connectivity index (χ1n) is 9.23. The van der Waals surface area contributed by atoms with Gasteiger partial charge in [0.15, 0.2) is 0 Å². The topological polar surface area (TPSA) is 34.5 Å². The van der Waals surface area contributed by atoms with E-state index < -0.39 is 11.1 Å². The van der Waals surface area contributed by atoms with Crippen molar-refractivity contribution in [2.75, 3.05) is 7.11 Å². The molecule has 27 heavy (non-hydrogen) atoms. The number of fused-ring (bicyclic) bond motifs is 2. The van der Waals surface area contributed by atoms with Crippen LogP contribution in [0.2, 0.25) is 0 Å². The Bertz CT molecular complexity index is 1050. The molecule has 1 aliphatic heterocycles. The minimum atomic E-state index is -0.818. The van der Waals surface area contributed by atoms with E-state index in [-0.39, 0.29) is 5.82 Å². The fourth-order valence-corrected chi connectivity index (χ4v) is 4.39. The van der Waals surface area contributed by atoms with Gasteiger partial charge in [0.2, 0.25) is 0 Å². The first kappa shape index (κ1) is 17.8. The molecule has 0 spiro atoms. The van der Waals surface area contributed by atoms with Gasteiger partial charge in [-0.3, -0.25) is 9.98 Å². The van der Waals surface area contributed by atoms with Crippen LogP contribution in [0.3, 0.4) is 0 Å². The summed E-state index contributed by atoms with van der Waals surface area (Å²) in [5.41, 5.74) is 2.47. The molecular weight excluding hydrogens is 339 g/mol. The van der Waals surface area contributed by atoms with Crippen molar-refractivity contribution < 1.29 is 9.13 Å². The van der Waals surface area contributed by atoms with Gasteiger partial charge in [-0.25, -0.2) is 4.39 Å². The number of rotatable bonds is 3. The number of hydrogen-bond donors (Lipinski definition) is 0. The molecule has 0 bridgehead atoms. The number of hydrogen-bond acceptors (Lipinski definition) is 3. The van der Waals surface area contributed by atoms with Gasteiger partial charge in [0, 0.05) is 35.4 Å². The minimum Gasteiger partial charge on any atom is -0.371 e. The fourth-order valence-electron chi connectivity index (χ4n) is 4.39. The maximum absolute atomic E-state index is 15.1. The van der Waals surface area contributed by atoms with Gasteiger partial charge < -0.3 is 4.74 Å². The van der Waals surface area contributed by atoms with E-state index in [4.69, 9.17) is 9.73 Å². The van der Waals surface area contributed by atoms with E-state index >= 15 is 4.39 Å². The lowest BCUT2D eigenvalue weighted by Crippen LogP contribution is -2.52. The summed E-state index contributed by atoms with van der Waals surface area (Å²) in [6.07, 6.45) is 2.44. The Labute approximate surface area is 158 Å². The summed E-state index contributed by atoms with van der Waals surface area (Å²) in [5.74, 6) is -0.259. The molecule has 0 saturated heterocycles. The Balaban J connectivity index is 2.02. The van der Waals surface area contributed by atoms with Crippen LogP contribution in [0.4, 0.5) is 4.39 Å². The summed E-state index contributed by atoms with van der Waals surface area (Å²) in [6, 6.07) is 15.2. The van der Waals surface area contributed by atoms with Crippen LogP contribution in [-0.2, 0) is 10.3 Å². The third kappa shape index (κ3) is 2.51. The number of aliphatic imine (C=N–C) groups is 1. The molecule has 0 fully saturated rings. The van der Waals surface area contributed by atoms with Gasteiger partial charge in [-0.1, -0.05) is 37.3 Å². The van der Waals surface area contributed by atoms with Crippen LogP contribution in [-0.4, -0.2) is 23.3 Å². The molecular formula is C23H23FN2O. The number of methoxy groups -OCH3 is 1. The lowest BCUT2D eigenvalue weighted by Gasteiger charge is -2.47. The molecule has 1 atom stereocenters. The maximum Gasteiger partial charge on any atom is 0.130 e. The molecule has 0 aliphatic carbocycles. The molecule has 1 aliphatic rings. The van der Waals surface area contributed by atoms with Crippen molar-refractivity contribution in [3.8, 4) is 0 Å². The van der Waals surface area contributed by atoms with Crippen molar-refractivity contribution in [2.45, 2.75) is 38.3 Å². The summed E-state index contributed by atoms with van der Waals surface area (Å²) in [7, 11) is 1.64. The zero-order valence-corrected chi connectivity index (χ0v) is 16.1. The summed E-state index contributed by atoms with van der Waals surface area (Å²) in [6.45, 7) is 6.02. The molecule has 0 radical (unpaired) electrons. The molecule has 3 nitrogen and oxygen atoms in total. The largest absolute Gasteiger partial charge is 0.371 e. The number of aromatic nitrogens is 1. The van der Waals surface area contributed by atoms with Gasteiger partial charge >= 0.3 is 0 Å². The highest BCUT2D eigenvalue weighted by Crippen LogP contribution is 2.48. The highest BCUT2D eigenvalue weighted by molar-refractivity contribution is 6.15. The molecule has 4 heteroatoms. The highest BCUT2D eigenvalue weighted by Gasteiger charge is 2.51. The van der Waals surface area contributed by atoms with E-state index in [9.17, 15) is 0 Å². The van der Waals surface area contributed by atoms with Crippen LogP contribution in [0.5, 0.6) is 0 Å². The standard InChI is InChI=1S/C23H23FN2O/c1-5-23(27-4)20-17(10-8-11-18(20)24)21(26-22(23,2)3)16-13-15-9-6-7-12-19(15)25-14-16/h6-14H,5H2,1-4H3. The Morgan fingerprint density at radius 3 is 2.59 bits per heavy atom. The molecule has 0 saturated carbocycles. The Morgan fingerprint density at radius 2 is 1.85 bits per heavy atom. The van der Waals surface area contributed by atoms with Crippen LogP contribution in [0.25, 0.3) is 10.9 Å². The summed E-state index contributed by atoms with van der Waals surface area (Å²) >= 11 is 0. The smallest absolute Gasteiger partial charge is 0.130 e. The first-order valence-corrected chi connectivity index (χ1v) is 9.23. The second kappa shape index (κ2) is 6.24.